The SMILES string of the molecule is COc1ccc(C=CC2NCCc3cc(OCc4ccccc4)c(OC)cc32)cc1. The van der Waals surface area contributed by atoms with Crippen LogP contribution < -0.4 is 19.5 Å². The van der Waals surface area contributed by atoms with Gasteiger partial charge in [-0.25, -0.2) is 0 Å². The Kier molecular flexibility index (Phi) is 6.35. The molecule has 1 heterocycles. The Balaban J connectivity index is 1.54. The summed E-state index contributed by atoms with van der Waals surface area (Å²) in [6.45, 7) is 1.45. The molecule has 0 aromatic heterocycles. The van der Waals surface area contributed by atoms with Gasteiger partial charge in [0.05, 0.1) is 20.3 Å². The highest BCUT2D eigenvalue weighted by atomic mass is 16.5. The minimum atomic E-state index is 0.132. The molecule has 1 N–H and O–H groups in total. The summed E-state index contributed by atoms with van der Waals surface area (Å²) in [4.78, 5) is 0. The largest absolute Gasteiger partial charge is 0.497 e. The first-order valence-electron chi connectivity index (χ1n) is 10.2. The molecule has 1 unspecified atom stereocenters. The monoisotopic (exact) mass is 401 g/mol. The Labute approximate surface area is 178 Å². The van der Waals surface area contributed by atoms with Crippen molar-refractivity contribution in [2.45, 2.75) is 19.1 Å². The average molecular weight is 402 g/mol. The van der Waals surface area contributed by atoms with Gasteiger partial charge in [0.2, 0.25) is 0 Å². The summed E-state index contributed by atoms with van der Waals surface area (Å²) in [7, 11) is 3.37. The van der Waals surface area contributed by atoms with E-state index in [0.29, 0.717) is 6.61 Å². The second-order valence-electron chi connectivity index (χ2n) is 7.29. The number of fused-ring (bicyclic) bond motifs is 1. The van der Waals surface area contributed by atoms with E-state index in [1.165, 1.54) is 11.1 Å². The summed E-state index contributed by atoms with van der Waals surface area (Å²) < 4.78 is 17.0. The zero-order valence-electron chi connectivity index (χ0n) is 17.4. The molecule has 0 saturated heterocycles. The Bertz CT molecular complexity index is 997. The van der Waals surface area contributed by atoms with Crippen molar-refractivity contribution in [3.63, 3.8) is 0 Å². The van der Waals surface area contributed by atoms with E-state index in [-0.39, 0.29) is 6.04 Å². The van der Waals surface area contributed by atoms with Crippen LogP contribution in [0.4, 0.5) is 0 Å². The van der Waals surface area contributed by atoms with Crippen molar-refractivity contribution in [2.75, 3.05) is 20.8 Å². The van der Waals surface area contributed by atoms with Gasteiger partial charge in [-0.15, -0.1) is 0 Å². The highest BCUT2D eigenvalue weighted by molar-refractivity contribution is 5.55. The number of benzene rings is 3. The molecule has 1 atom stereocenters. The fourth-order valence-corrected chi connectivity index (χ4v) is 3.70. The van der Waals surface area contributed by atoms with Crippen LogP contribution in [0, 0.1) is 0 Å². The minimum absolute atomic E-state index is 0.132. The van der Waals surface area contributed by atoms with Crippen molar-refractivity contribution in [1.82, 2.24) is 5.32 Å². The molecule has 0 radical (unpaired) electrons. The fourth-order valence-electron chi connectivity index (χ4n) is 3.70. The molecule has 4 heteroatoms. The molecule has 30 heavy (non-hydrogen) atoms. The molecular weight excluding hydrogens is 374 g/mol. The summed E-state index contributed by atoms with van der Waals surface area (Å²) in [5, 5.41) is 3.59. The third-order valence-corrected chi connectivity index (χ3v) is 5.35. The van der Waals surface area contributed by atoms with E-state index in [2.05, 4.69) is 53.9 Å². The van der Waals surface area contributed by atoms with Gasteiger partial charge in [-0.2, -0.15) is 0 Å². The molecular formula is C26H27NO3. The Morgan fingerprint density at radius 1 is 0.933 bits per heavy atom. The molecule has 0 spiro atoms. The van der Waals surface area contributed by atoms with Gasteiger partial charge >= 0.3 is 0 Å². The molecule has 4 rings (SSSR count). The van der Waals surface area contributed by atoms with Crippen LogP contribution in [0.25, 0.3) is 6.08 Å². The summed E-state index contributed by atoms with van der Waals surface area (Å²) >= 11 is 0. The van der Waals surface area contributed by atoms with Crippen molar-refractivity contribution in [3.8, 4) is 17.2 Å². The van der Waals surface area contributed by atoms with Gasteiger partial charge in [-0.1, -0.05) is 54.6 Å². The van der Waals surface area contributed by atoms with Crippen molar-refractivity contribution in [3.05, 3.63) is 95.1 Å². The maximum atomic E-state index is 6.09. The van der Waals surface area contributed by atoms with Gasteiger partial charge in [0.15, 0.2) is 11.5 Å². The van der Waals surface area contributed by atoms with Crippen molar-refractivity contribution in [1.29, 1.82) is 0 Å². The molecule has 0 amide bonds. The number of methoxy groups -OCH3 is 2. The minimum Gasteiger partial charge on any atom is -0.497 e. The lowest BCUT2D eigenvalue weighted by atomic mass is 9.93. The first-order valence-corrected chi connectivity index (χ1v) is 10.2. The number of hydrogen-bond donors (Lipinski definition) is 1. The number of hydrogen-bond acceptors (Lipinski definition) is 4. The summed E-state index contributed by atoms with van der Waals surface area (Å²) in [5.41, 5.74) is 4.80. The molecule has 1 aliphatic heterocycles. The van der Waals surface area contributed by atoms with Crippen LogP contribution in [0.15, 0.2) is 72.8 Å². The summed E-state index contributed by atoms with van der Waals surface area (Å²) in [6.07, 6.45) is 5.30. The topological polar surface area (TPSA) is 39.7 Å². The van der Waals surface area contributed by atoms with Gasteiger partial charge in [0, 0.05) is 6.54 Å². The van der Waals surface area contributed by atoms with Crippen LogP contribution in [0.5, 0.6) is 17.2 Å². The van der Waals surface area contributed by atoms with Crippen molar-refractivity contribution >= 4 is 6.08 Å². The Morgan fingerprint density at radius 2 is 1.73 bits per heavy atom. The van der Waals surface area contributed by atoms with E-state index in [1.54, 1.807) is 14.2 Å². The van der Waals surface area contributed by atoms with Gasteiger partial charge in [0.1, 0.15) is 12.4 Å². The zero-order chi connectivity index (χ0) is 20.8. The molecule has 0 saturated carbocycles. The standard InChI is InChI=1S/C26H27NO3/c1-28-22-11-8-19(9-12-22)10-13-24-23-17-25(29-2)26(16-21(23)14-15-27-24)30-18-20-6-4-3-5-7-20/h3-13,16-17,24,27H,14-15,18H2,1-2H3. The predicted octanol–water partition coefficient (Wildman–Crippen LogP) is 5.18. The van der Waals surface area contributed by atoms with E-state index in [9.17, 15) is 0 Å². The molecule has 1 aliphatic rings. The fraction of sp³-hybridized carbons (Fsp3) is 0.231. The average Bonchev–Trinajstić information content (AvgIpc) is 2.81. The second kappa shape index (κ2) is 9.51. The first-order chi connectivity index (χ1) is 14.8. The number of ether oxygens (including phenoxy) is 3. The third-order valence-electron chi connectivity index (χ3n) is 5.35. The van der Waals surface area contributed by atoms with Crippen LogP contribution in [-0.2, 0) is 13.0 Å². The third kappa shape index (κ3) is 4.66. The normalized spacial score (nSPS) is 15.6. The molecule has 154 valence electrons. The van der Waals surface area contributed by atoms with Crippen molar-refractivity contribution < 1.29 is 14.2 Å². The van der Waals surface area contributed by atoms with E-state index in [0.717, 1.165) is 41.3 Å². The van der Waals surface area contributed by atoms with Crippen LogP contribution in [-0.4, -0.2) is 20.8 Å². The van der Waals surface area contributed by atoms with E-state index in [4.69, 9.17) is 14.2 Å². The lowest BCUT2D eigenvalue weighted by Gasteiger charge is -2.26. The summed E-state index contributed by atoms with van der Waals surface area (Å²) in [5.74, 6) is 2.41. The second-order valence-corrected chi connectivity index (χ2v) is 7.29. The Morgan fingerprint density at radius 3 is 2.47 bits per heavy atom. The maximum Gasteiger partial charge on any atom is 0.161 e. The predicted molar refractivity (Wildman–Crippen MR) is 120 cm³/mol. The van der Waals surface area contributed by atoms with E-state index >= 15 is 0 Å². The van der Waals surface area contributed by atoms with Crippen LogP contribution >= 0.6 is 0 Å². The number of nitrogens with one attached hydrogen (secondary N) is 1. The quantitative estimate of drug-likeness (QED) is 0.592. The highest BCUT2D eigenvalue weighted by Gasteiger charge is 2.21. The maximum absolute atomic E-state index is 6.09. The first kappa shape index (κ1) is 20.0. The molecule has 0 fully saturated rings. The molecule has 0 aliphatic carbocycles. The molecule has 4 nitrogen and oxygen atoms in total. The van der Waals surface area contributed by atoms with Crippen LogP contribution in [0.2, 0.25) is 0 Å². The molecule has 0 bridgehead atoms. The van der Waals surface area contributed by atoms with Gasteiger partial charge in [-0.3, -0.25) is 0 Å². The van der Waals surface area contributed by atoms with Crippen LogP contribution in [0.1, 0.15) is 28.3 Å². The van der Waals surface area contributed by atoms with Gasteiger partial charge in [-0.05, 0) is 52.9 Å². The summed E-state index contributed by atoms with van der Waals surface area (Å²) in [6, 6.07) is 22.6. The Hall–Kier alpha value is -3.24. The highest BCUT2D eigenvalue weighted by Crippen LogP contribution is 2.36. The molecule has 3 aromatic carbocycles. The van der Waals surface area contributed by atoms with Crippen LogP contribution in [0.3, 0.4) is 0 Å². The van der Waals surface area contributed by atoms with Gasteiger partial charge < -0.3 is 19.5 Å². The lowest BCUT2D eigenvalue weighted by Crippen LogP contribution is -2.28. The molecule has 3 aromatic rings. The number of rotatable bonds is 7. The van der Waals surface area contributed by atoms with E-state index < -0.39 is 0 Å². The van der Waals surface area contributed by atoms with Gasteiger partial charge in [0.25, 0.3) is 0 Å². The lowest BCUT2D eigenvalue weighted by molar-refractivity contribution is 0.283. The van der Waals surface area contributed by atoms with E-state index in [1.807, 2.05) is 30.3 Å². The van der Waals surface area contributed by atoms with Crippen molar-refractivity contribution in [2.24, 2.45) is 0 Å². The smallest absolute Gasteiger partial charge is 0.161 e. The zero-order valence-corrected chi connectivity index (χ0v) is 17.4.